The van der Waals surface area contributed by atoms with Gasteiger partial charge >= 0.3 is 0 Å². The highest BCUT2D eigenvalue weighted by molar-refractivity contribution is 5.89. The number of hydrogen-bond acceptors (Lipinski definition) is 1. The summed E-state index contributed by atoms with van der Waals surface area (Å²) in [6, 6.07) is 19.1. The number of allylic oxidation sites excluding steroid dienone is 1. The van der Waals surface area contributed by atoms with Gasteiger partial charge in [-0.2, -0.15) is 5.26 Å². The first kappa shape index (κ1) is 19.9. The van der Waals surface area contributed by atoms with Crippen LogP contribution < -0.4 is 0 Å². The number of nitriles is 1. The minimum Gasteiger partial charge on any atom is -0.206 e. The van der Waals surface area contributed by atoms with E-state index in [-0.39, 0.29) is 0 Å². The number of benzene rings is 3. The van der Waals surface area contributed by atoms with Crippen molar-refractivity contribution in [1.29, 1.82) is 5.26 Å². The molecule has 1 aliphatic rings. The molecule has 0 saturated heterocycles. The maximum atomic E-state index is 14.1. The van der Waals surface area contributed by atoms with Crippen molar-refractivity contribution in [3.8, 4) is 17.9 Å². The largest absolute Gasteiger partial charge is 0.206 e. The lowest BCUT2D eigenvalue weighted by molar-refractivity contribution is 0.328. The third kappa shape index (κ3) is 4.29. The smallest absolute Gasteiger partial charge is 0.140 e. The zero-order valence-corrected chi connectivity index (χ0v) is 17.0. The highest BCUT2D eigenvalue weighted by atomic mass is 19.1. The summed E-state index contributed by atoms with van der Waals surface area (Å²) in [6.45, 7) is 3.88. The van der Waals surface area contributed by atoms with Gasteiger partial charge in [-0.15, -0.1) is 6.58 Å². The Morgan fingerprint density at radius 3 is 2.50 bits per heavy atom. The van der Waals surface area contributed by atoms with E-state index >= 15 is 0 Å². The highest BCUT2D eigenvalue weighted by Gasteiger charge is 2.21. The lowest BCUT2D eigenvalue weighted by atomic mass is 9.77. The summed E-state index contributed by atoms with van der Waals surface area (Å²) in [5.41, 5.74) is 2.90. The lowest BCUT2D eigenvalue weighted by Crippen LogP contribution is -2.12. The van der Waals surface area contributed by atoms with Gasteiger partial charge in [0.1, 0.15) is 5.82 Å². The maximum Gasteiger partial charge on any atom is 0.140 e. The van der Waals surface area contributed by atoms with Gasteiger partial charge in [-0.25, -0.2) is 4.39 Å². The van der Waals surface area contributed by atoms with Crippen molar-refractivity contribution in [1.82, 2.24) is 0 Å². The standard InChI is InChI=1S/C28H24FN/c1-2-4-20-7-10-22(11-8-20)25-15-16-27-23(5-3-6-26(27)18-25)13-14-24-12-9-21(19-30)17-28(24)29/h2-3,5-6,9,12,15-18,20,22H,1,4,7-8,10-11H2. The molecule has 0 amide bonds. The van der Waals surface area contributed by atoms with E-state index in [1.807, 2.05) is 24.3 Å². The van der Waals surface area contributed by atoms with Gasteiger partial charge in [0, 0.05) is 5.56 Å². The maximum absolute atomic E-state index is 14.1. The van der Waals surface area contributed by atoms with E-state index < -0.39 is 5.82 Å². The second kappa shape index (κ2) is 8.98. The molecular formula is C28H24FN. The molecule has 3 aromatic rings. The molecule has 0 bridgehead atoms. The number of fused-ring (bicyclic) bond motifs is 1. The number of hydrogen-bond donors (Lipinski definition) is 0. The zero-order valence-electron chi connectivity index (χ0n) is 17.0. The third-order valence-electron chi connectivity index (χ3n) is 6.15. The first-order valence-electron chi connectivity index (χ1n) is 10.5. The van der Waals surface area contributed by atoms with Crippen molar-refractivity contribution >= 4 is 10.8 Å². The number of halogens is 1. The van der Waals surface area contributed by atoms with Gasteiger partial charge < -0.3 is 0 Å². The molecule has 1 nitrogen and oxygen atoms in total. The lowest BCUT2D eigenvalue weighted by Gasteiger charge is -2.28. The molecule has 0 spiro atoms. The van der Waals surface area contributed by atoms with E-state index in [0.29, 0.717) is 17.0 Å². The Kier molecular flexibility index (Phi) is 5.97. The molecule has 30 heavy (non-hydrogen) atoms. The molecule has 1 saturated carbocycles. The van der Waals surface area contributed by atoms with Crippen LogP contribution in [0.25, 0.3) is 10.8 Å². The fourth-order valence-corrected chi connectivity index (χ4v) is 4.45. The second-order valence-corrected chi connectivity index (χ2v) is 8.08. The van der Waals surface area contributed by atoms with E-state index in [4.69, 9.17) is 5.26 Å². The van der Waals surface area contributed by atoms with Crippen LogP contribution in [-0.4, -0.2) is 0 Å². The second-order valence-electron chi connectivity index (χ2n) is 8.08. The van der Waals surface area contributed by atoms with Crippen molar-refractivity contribution < 1.29 is 4.39 Å². The van der Waals surface area contributed by atoms with Gasteiger partial charge in [-0.05, 0) is 84.5 Å². The fraction of sp³-hybridized carbons (Fsp3) is 0.250. The van der Waals surface area contributed by atoms with Gasteiger partial charge in [0.25, 0.3) is 0 Å². The quantitative estimate of drug-likeness (QED) is 0.344. The van der Waals surface area contributed by atoms with Gasteiger partial charge in [0.2, 0.25) is 0 Å². The van der Waals surface area contributed by atoms with Crippen LogP contribution in [-0.2, 0) is 0 Å². The first-order valence-corrected chi connectivity index (χ1v) is 10.5. The zero-order chi connectivity index (χ0) is 20.9. The average molecular weight is 394 g/mol. The van der Waals surface area contributed by atoms with Crippen LogP contribution in [0.4, 0.5) is 4.39 Å². The molecule has 0 aliphatic heterocycles. The molecule has 0 radical (unpaired) electrons. The van der Waals surface area contributed by atoms with Crippen LogP contribution in [0.3, 0.4) is 0 Å². The molecule has 1 fully saturated rings. The molecule has 2 heteroatoms. The van der Waals surface area contributed by atoms with E-state index in [0.717, 1.165) is 23.3 Å². The van der Waals surface area contributed by atoms with Crippen molar-refractivity contribution in [2.24, 2.45) is 5.92 Å². The Labute approximate surface area is 177 Å². The fourth-order valence-electron chi connectivity index (χ4n) is 4.45. The minimum atomic E-state index is -0.462. The first-order chi connectivity index (χ1) is 14.7. The molecule has 0 unspecified atom stereocenters. The average Bonchev–Trinajstić information content (AvgIpc) is 2.78. The van der Waals surface area contributed by atoms with E-state index in [2.05, 4.69) is 42.7 Å². The minimum absolute atomic E-state index is 0.300. The summed E-state index contributed by atoms with van der Waals surface area (Å²) in [4.78, 5) is 0. The van der Waals surface area contributed by atoms with Crippen LogP contribution in [0.5, 0.6) is 0 Å². The summed E-state index contributed by atoms with van der Waals surface area (Å²) >= 11 is 0. The van der Waals surface area contributed by atoms with Gasteiger partial charge in [0.05, 0.1) is 17.2 Å². The van der Waals surface area contributed by atoms with E-state index in [1.54, 1.807) is 12.1 Å². The topological polar surface area (TPSA) is 23.8 Å². The molecule has 0 heterocycles. The van der Waals surface area contributed by atoms with Crippen LogP contribution in [0.15, 0.2) is 67.3 Å². The Morgan fingerprint density at radius 2 is 1.77 bits per heavy atom. The summed E-state index contributed by atoms with van der Waals surface area (Å²) in [6.07, 6.45) is 8.20. The normalized spacial score (nSPS) is 18.3. The molecule has 3 aromatic carbocycles. The van der Waals surface area contributed by atoms with Crippen LogP contribution in [0.1, 0.15) is 60.3 Å². The highest BCUT2D eigenvalue weighted by Crippen LogP contribution is 2.38. The molecular weight excluding hydrogens is 369 g/mol. The third-order valence-corrected chi connectivity index (χ3v) is 6.15. The summed E-state index contributed by atoms with van der Waals surface area (Å²) < 4.78 is 14.1. The van der Waals surface area contributed by atoms with Crippen molar-refractivity contribution in [2.75, 3.05) is 0 Å². The van der Waals surface area contributed by atoms with Crippen molar-refractivity contribution in [3.05, 3.63) is 95.3 Å². The summed E-state index contributed by atoms with van der Waals surface area (Å²) in [7, 11) is 0. The molecule has 0 aromatic heterocycles. The Hall–Kier alpha value is -3.36. The molecule has 148 valence electrons. The van der Waals surface area contributed by atoms with Crippen LogP contribution in [0.2, 0.25) is 0 Å². The Bertz CT molecular complexity index is 1180. The monoisotopic (exact) mass is 393 g/mol. The van der Waals surface area contributed by atoms with Crippen molar-refractivity contribution in [3.63, 3.8) is 0 Å². The number of nitrogens with zero attached hydrogens (tertiary/aromatic N) is 1. The molecule has 4 rings (SSSR count). The molecule has 0 atom stereocenters. The van der Waals surface area contributed by atoms with Crippen LogP contribution >= 0.6 is 0 Å². The van der Waals surface area contributed by atoms with Gasteiger partial charge in [0.15, 0.2) is 0 Å². The molecule has 0 N–H and O–H groups in total. The SMILES string of the molecule is C=CCC1CCC(c2ccc3c(C#Cc4ccc(C#N)cc4F)cccc3c2)CC1. The van der Waals surface area contributed by atoms with Crippen LogP contribution in [0, 0.1) is 34.9 Å². The number of rotatable bonds is 3. The predicted molar refractivity (Wildman–Crippen MR) is 121 cm³/mol. The summed E-state index contributed by atoms with van der Waals surface area (Å²) in [5.74, 6) is 7.00. The van der Waals surface area contributed by atoms with Gasteiger partial charge in [-0.3, -0.25) is 0 Å². The Balaban J connectivity index is 1.59. The van der Waals surface area contributed by atoms with Gasteiger partial charge in [-0.1, -0.05) is 48.2 Å². The van der Waals surface area contributed by atoms with E-state index in [1.165, 1.54) is 42.7 Å². The Morgan fingerprint density at radius 1 is 0.967 bits per heavy atom. The summed E-state index contributed by atoms with van der Waals surface area (Å²) in [5, 5.41) is 11.1. The predicted octanol–water partition coefficient (Wildman–Crippen LogP) is 7.10. The van der Waals surface area contributed by atoms with Crippen molar-refractivity contribution in [2.45, 2.75) is 38.0 Å². The molecule has 1 aliphatic carbocycles. The van der Waals surface area contributed by atoms with E-state index in [9.17, 15) is 4.39 Å².